The van der Waals surface area contributed by atoms with Gasteiger partial charge < -0.3 is 19.9 Å². The maximum Gasteiger partial charge on any atom is 0.343 e. The fourth-order valence-electron chi connectivity index (χ4n) is 2.24. The number of ether oxygens (including phenoxy) is 2. The molecule has 0 saturated carbocycles. The zero-order valence-corrected chi connectivity index (χ0v) is 14.2. The van der Waals surface area contributed by atoms with Crippen LogP contribution < -0.4 is 10.1 Å². The number of benzene rings is 1. The van der Waals surface area contributed by atoms with Crippen molar-refractivity contribution in [2.75, 3.05) is 14.2 Å². The van der Waals surface area contributed by atoms with Crippen molar-refractivity contribution < 1.29 is 29.0 Å². The van der Waals surface area contributed by atoms with E-state index in [1.165, 1.54) is 20.3 Å². The van der Waals surface area contributed by atoms with Crippen molar-refractivity contribution in [3.8, 4) is 5.88 Å². The van der Waals surface area contributed by atoms with Gasteiger partial charge in [-0.05, 0) is 23.8 Å². The molecule has 1 aromatic heterocycles. The number of carbonyl (C=O) groups excluding carboxylic acids is 2. The molecule has 9 heteroatoms. The Morgan fingerprint density at radius 1 is 1.24 bits per heavy atom. The van der Waals surface area contributed by atoms with Crippen molar-refractivity contribution in [2.24, 2.45) is 0 Å². The van der Waals surface area contributed by atoms with E-state index in [0.717, 1.165) is 0 Å². The first kappa shape index (κ1) is 18.5. The van der Waals surface area contributed by atoms with Gasteiger partial charge in [0.15, 0.2) is 0 Å². The van der Waals surface area contributed by atoms with Crippen molar-refractivity contribution in [1.29, 1.82) is 0 Å². The summed E-state index contributed by atoms with van der Waals surface area (Å²) in [6.45, 7) is 0.0247. The number of carboxylic acids is 1. The maximum atomic E-state index is 11.8. The first-order chi connectivity index (χ1) is 11.8. The third-order valence-electron chi connectivity index (χ3n) is 3.31. The summed E-state index contributed by atoms with van der Waals surface area (Å²) in [5.41, 5.74) is 1.15. The molecule has 1 amide bonds. The number of halogens is 1. The monoisotopic (exact) mass is 366 g/mol. The second-order valence-corrected chi connectivity index (χ2v) is 5.46. The highest BCUT2D eigenvalue weighted by molar-refractivity contribution is 6.31. The van der Waals surface area contributed by atoms with E-state index in [1.54, 1.807) is 12.1 Å². The Labute approximate surface area is 147 Å². The molecule has 0 unspecified atom stereocenters. The van der Waals surface area contributed by atoms with Crippen LogP contribution >= 0.6 is 11.6 Å². The van der Waals surface area contributed by atoms with Crippen LogP contribution in [0.15, 0.2) is 18.2 Å². The van der Waals surface area contributed by atoms with Gasteiger partial charge in [0, 0.05) is 17.0 Å². The van der Waals surface area contributed by atoms with Crippen molar-refractivity contribution in [3.63, 3.8) is 0 Å². The average Bonchev–Trinajstić information content (AvgIpc) is 2.57. The normalized spacial score (nSPS) is 10.4. The van der Waals surface area contributed by atoms with Crippen LogP contribution in [0.1, 0.15) is 22.3 Å². The first-order valence-corrected chi connectivity index (χ1v) is 7.47. The Morgan fingerprint density at radius 3 is 2.56 bits per heavy atom. The Kier molecular flexibility index (Phi) is 5.76. The molecule has 2 aromatic rings. The number of nitrogens with one attached hydrogen (secondary N) is 1. The Morgan fingerprint density at radius 2 is 1.96 bits per heavy atom. The molecule has 0 spiro atoms. The number of aromatic nitrogens is 1. The number of carboxylic acid groups (broad SMARTS) is 1. The fraction of sp³-hybridized carbons (Fsp3) is 0.250. The van der Waals surface area contributed by atoms with E-state index >= 15 is 0 Å². The first-order valence-electron chi connectivity index (χ1n) is 7.09. The predicted octanol–water partition coefficient (Wildman–Crippen LogP) is 1.77. The van der Waals surface area contributed by atoms with E-state index in [1.807, 2.05) is 0 Å². The average molecular weight is 367 g/mol. The van der Waals surface area contributed by atoms with Crippen LogP contribution in [-0.2, 0) is 20.9 Å². The second-order valence-electron chi connectivity index (χ2n) is 5.02. The molecule has 1 heterocycles. The van der Waals surface area contributed by atoms with Gasteiger partial charge in [0.1, 0.15) is 12.0 Å². The summed E-state index contributed by atoms with van der Waals surface area (Å²) in [4.78, 5) is 38.2. The number of methoxy groups -OCH3 is 2. The van der Waals surface area contributed by atoms with Crippen molar-refractivity contribution in [1.82, 2.24) is 10.3 Å². The van der Waals surface area contributed by atoms with Crippen LogP contribution in [0, 0.1) is 0 Å². The largest absolute Gasteiger partial charge is 0.481 e. The highest BCUT2D eigenvalue weighted by Crippen LogP contribution is 2.28. The fourth-order valence-corrected chi connectivity index (χ4v) is 2.49. The summed E-state index contributed by atoms with van der Waals surface area (Å²) in [5.74, 6) is -2.41. The van der Waals surface area contributed by atoms with Gasteiger partial charge in [0.2, 0.25) is 11.8 Å². The minimum atomic E-state index is -1.23. The summed E-state index contributed by atoms with van der Waals surface area (Å²) >= 11 is 6.08. The number of amides is 1. The van der Waals surface area contributed by atoms with Gasteiger partial charge in [-0.3, -0.25) is 9.59 Å². The van der Waals surface area contributed by atoms with Gasteiger partial charge >= 0.3 is 11.9 Å². The molecule has 132 valence electrons. The van der Waals surface area contributed by atoms with Crippen LogP contribution in [-0.4, -0.2) is 42.2 Å². The number of hydrogen-bond acceptors (Lipinski definition) is 6. The van der Waals surface area contributed by atoms with Crippen LogP contribution in [0.25, 0.3) is 10.9 Å². The lowest BCUT2D eigenvalue weighted by Crippen LogP contribution is -2.25. The smallest absolute Gasteiger partial charge is 0.343 e. The third kappa shape index (κ3) is 4.36. The molecule has 1 aromatic carbocycles. The summed E-state index contributed by atoms with van der Waals surface area (Å²) < 4.78 is 9.83. The van der Waals surface area contributed by atoms with Crippen LogP contribution in [0.2, 0.25) is 5.02 Å². The summed E-state index contributed by atoms with van der Waals surface area (Å²) in [7, 11) is 2.61. The molecule has 25 heavy (non-hydrogen) atoms. The van der Waals surface area contributed by atoms with Gasteiger partial charge in [-0.25, -0.2) is 9.78 Å². The zero-order chi connectivity index (χ0) is 18.6. The molecular formula is C16H15ClN2O6. The minimum Gasteiger partial charge on any atom is -0.481 e. The summed E-state index contributed by atoms with van der Waals surface area (Å²) in [6.07, 6.45) is -0.637. The number of esters is 1. The van der Waals surface area contributed by atoms with Crippen molar-refractivity contribution in [3.05, 3.63) is 34.3 Å². The molecule has 2 N–H and O–H groups in total. The van der Waals surface area contributed by atoms with Crippen LogP contribution in [0.4, 0.5) is 0 Å². The Hall–Kier alpha value is -2.87. The van der Waals surface area contributed by atoms with Crippen molar-refractivity contribution >= 4 is 40.3 Å². The molecule has 0 radical (unpaired) electrons. The number of rotatable bonds is 6. The van der Waals surface area contributed by atoms with Gasteiger partial charge in [0.25, 0.3) is 0 Å². The quantitative estimate of drug-likeness (QED) is 0.591. The van der Waals surface area contributed by atoms with E-state index in [0.29, 0.717) is 21.5 Å². The lowest BCUT2D eigenvalue weighted by molar-refractivity contribution is -0.140. The standard InChI is InChI=1S/C16H15ClN2O6/c1-24-15-11(16(23)25-2)5-8-3-10(17)4-9(14(8)19-15)7-18-12(20)6-13(21)22/h3-5H,6-7H2,1-2H3,(H,18,20)(H,21,22). The van der Waals surface area contributed by atoms with E-state index in [4.69, 9.17) is 26.2 Å². The lowest BCUT2D eigenvalue weighted by Gasteiger charge is -2.12. The number of hydrogen-bond donors (Lipinski definition) is 2. The van der Waals surface area contributed by atoms with E-state index in [2.05, 4.69) is 10.3 Å². The van der Waals surface area contributed by atoms with Gasteiger partial charge in [-0.2, -0.15) is 0 Å². The minimum absolute atomic E-state index is 0.0247. The molecule has 0 aliphatic rings. The van der Waals surface area contributed by atoms with Gasteiger partial charge in [-0.15, -0.1) is 0 Å². The van der Waals surface area contributed by atoms with E-state index < -0.39 is 24.3 Å². The molecular weight excluding hydrogens is 352 g/mol. The molecule has 0 fully saturated rings. The van der Waals surface area contributed by atoms with Gasteiger partial charge in [-0.1, -0.05) is 11.6 Å². The molecule has 0 saturated heterocycles. The summed E-state index contributed by atoms with van der Waals surface area (Å²) in [5, 5.41) is 12.0. The second kappa shape index (κ2) is 7.80. The molecule has 0 bridgehead atoms. The lowest BCUT2D eigenvalue weighted by atomic mass is 10.1. The molecule has 8 nitrogen and oxygen atoms in total. The topological polar surface area (TPSA) is 115 Å². The maximum absolute atomic E-state index is 11.8. The SMILES string of the molecule is COC(=O)c1cc2cc(Cl)cc(CNC(=O)CC(=O)O)c2nc1OC. The predicted molar refractivity (Wildman–Crippen MR) is 88.7 cm³/mol. The van der Waals surface area contributed by atoms with Crippen molar-refractivity contribution in [2.45, 2.75) is 13.0 Å². The molecule has 0 aliphatic carbocycles. The zero-order valence-electron chi connectivity index (χ0n) is 13.5. The highest BCUT2D eigenvalue weighted by atomic mass is 35.5. The third-order valence-corrected chi connectivity index (χ3v) is 3.53. The molecule has 0 aliphatic heterocycles. The highest BCUT2D eigenvalue weighted by Gasteiger charge is 2.18. The molecule has 2 rings (SSSR count). The molecule has 0 atom stereocenters. The van der Waals surface area contributed by atoms with Gasteiger partial charge in [0.05, 0.1) is 19.7 Å². The van der Waals surface area contributed by atoms with E-state index in [9.17, 15) is 14.4 Å². The van der Waals surface area contributed by atoms with E-state index in [-0.39, 0.29) is 18.0 Å². The Bertz CT molecular complexity index is 852. The number of nitrogens with zero attached hydrogens (tertiary/aromatic N) is 1. The number of pyridine rings is 1. The van der Waals surface area contributed by atoms with Crippen LogP contribution in [0.3, 0.4) is 0 Å². The number of aliphatic carboxylic acids is 1. The summed E-state index contributed by atoms with van der Waals surface area (Å²) in [6, 6.07) is 4.73. The number of fused-ring (bicyclic) bond motifs is 1. The van der Waals surface area contributed by atoms with Crippen LogP contribution in [0.5, 0.6) is 5.88 Å². The Balaban J connectivity index is 2.45. The number of carbonyl (C=O) groups is 3.